The highest BCUT2D eigenvalue weighted by Crippen LogP contribution is 1.87. The van der Waals surface area contributed by atoms with Gasteiger partial charge in [0.2, 0.25) is 0 Å². The number of hydrogen-bond donors (Lipinski definition) is 1. The molecule has 0 aromatic rings. The van der Waals surface area contributed by atoms with E-state index in [1.807, 2.05) is 5.92 Å². The van der Waals surface area contributed by atoms with Crippen molar-refractivity contribution in [1.82, 2.24) is 0 Å². The number of carbonyl (C=O) groups excluding carboxylic acids is 1. The van der Waals surface area contributed by atoms with Crippen molar-refractivity contribution in [2.45, 2.75) is 20.0 Å². The van der Waals surface area contributed by atoms with Crippen LogP contribution < -0.4 is 0 Å². The van der Waals surface area contributed by atoms with Crippen LogP contribution in [-0.2, 0) is 14.3 Å². The van der Waals surface area contributed by atoms with E-state index >= 15 is 0 Å². The number of aliphatic carboxylic acids is 1. The molecule has 0 aromatic carbocycles. The Morgan fingerprint density at radius 2 is 2.09 bits per heavy atom. The molecule has 1 atom stereocenters. The molecule has 4 heteroatoms. The second kappa shape index (κ2) is 4.34. The van der Waals surface area contributed by atoms with E-state index in [9.17, 15) is 9.59 Å². The number of carboxylic acid groups (broad SMARTS) is 1. The van der Waals surface area contributed by atoms with Gasteiger partial charge in [0.25, 0.3) is 0 Å². The van der Waals surface area contributed by atoms with Crippen molar-refractivity contribution in [3.05, 3.63) is 0 Å². The van der Waals surface area contributed by atoms with Crippen molar-refractivity contribution in [1.29, 1.82) is 0 Å². The Bertz CT molecular complexity index is 220. The molecule has 0 saturated heterocycles. The van der Waals surface area contributed by atoms with Gasteiger partial charge in [-0.15, -0.1) is 0 Å². The number of ether oxygens (including phenoxy) is 1. The minimum atomic E-state index is -1.23. The number of esters is 1. The molecule has 0 unspecified atom stereocenters. The maximum absolute atomic E-state index is 10.3. The van der Waals surface area contributed by atoms with Crippen molar-refractivity contribution >= 4 is 11.9 Å². The van der Waals surface area contributed by atoms with E-state index in [1.54, 1.807) is 0 Å². The molecule has 1 N–H and O–H groups in total. The Morgan fingerprint density at radius 1 is 1.55 bits per heavy atom. The van der Waals surface area contributed by atoms with Gasteiger partial charge in [0.15, 0.2) is 6.10 Å². The second-order valence-electron chi connectivity index (χ2n) is 1.83. The normalized spacial score (nSPS) is 10.7. The Balaban J connectivity index is 3.89. The van der Waals surface area contributed by atoms with Gasteiger partial charge in [-0.3, -0.25) is 4.79 Å². The molecule has 0 aliphatic rings. The molecular weight excluding hydrogens is 148 g/mol. The summed E-state index contributed by atoms with van der Waals surface area (Å²) >= 11 is 0. The predicted molar refractivity (Wildman–Crippen MR) is 36.6 cm³/mol. The summed E-state index contributed by atoms with van der Waals surface area (Å²) in [6.07, 6.45) is -0.663. The van der Waals surface area contributed by atoms with Crippen LogP contribution in [0.15, 0.2) is 0 Å². The molecule has 11 heavy (non-hydrogen) atoms. The molecule has 0 radical (unpaired) electrons. The molecule has 0 saturated carbocycles. The molecule has 0 amide bonds. The standard InChI is InChI=1S/C7H8O4/c1-5(11-6(2)8)3-4-7(9)10/h5H,1-2H3,(H,9,10)/t5-/m1/s1. The topological polar surface area (TPSA) is 63.6 Å². The predicted octanol–water partition coefficient (Wildman–Crippen LogP) is 0.0260. The maximum Gasteiger partial charge on any atom is 0.382 e. The smallest absolute Gasteiger partial charge is 0.382 e. The third-order valence-electron chi connectivity index (χ3n) is 0.725. The zero-order chi connectivity index (χ0) is 8.85. The van der Waals surface area contributed by atoms with Crippen LogP contribution in [0, 0.1) is 11.8 Å². The minimum Gasteiger partial charge on any atom is -0.472 e. The summed E-state index contributed by atoms with van der Waals surface area (Å²) in [6.45, 7) is 2.73. The second-order valence-corrected chi connectivity index (χ2v) is 1.83. The fraction of sp³-hybridized carbons (Fsp3) is 0.429. The lowest BCUT2D eigenvalue weighted by Crippen LogP contribution is -2.09. The Kier molecular flexibility index (Phi) is 3.75. The van der Waals surface area contributed by atoms with Crippen LogP contribution in [0.5, 0.6) is 0 Å². The molecule has 0 heterocycles. The summed E-state index contributed by atoms with van der Waals surface area (Å²) in [5.74, 6) is 2.35. The van der Waals surface area contributed by atoms with E-state index in [2.05, 4.69) is 10.7 Å². The zero-order valence-electron chi connectivity index (χ0n) is 6.25. The molecule has 0 aliphatic carbocycles. The summed E-state index contributed by atoms with van der Waals surface area (Å²) in [5, 5.41) is 8.08. The third kappa shape index (κ3) is 6.38. The van der Waals surface area contributed by atoms with Crippen molar-refractivity contribution in [2.24, 2.45) is 0 Å². The largest absolute Gasteiger partial charge is 0.472 e. The maximum atomic E-state index is 10.3. The van der Waals surface area contributed by atoms with Gasteiger partial charge in [-0.2, -0.15) is 0 Å². The van der Waals surface area contributed by atoms with Gasteiger partial charge >= 0.3 is 11.9 Å². The van der Waals surface area contributed by atoms with Crippen LogP contribution in [-0.4, -0.2) is 23.1 Å². The lowest BCUT2D eigenvalue weighted by molar-refractivity contribution is -0.143. The number of carbonyl (C=O) groups is 2. The summed E-state index contributed by atoms with van der Waals surface area (Å²) in [5.41, 5.74) is 0. The highest BCUT2D eigenvalue weighted by Gasteiger charge is 1.99. The first-order valence-electron chi connectivity index (χ1n) is 2.94. The summed E-state index contributed by atoms with van der Waals surface area (Å²) in [6, 6.07) is 0. The van der Waals surface area contributed by atoms with Crippen molar-refractivity contribution in [3.8, 4) is 11.8 Å². The third-order valence-corrected chi connectivity index (χ3v) is 0.725. The first-order chi connectivity index (χ1) is 5.02. The molecule has 0 spiro atoms. The molecule has 0 bridgehead atoms. The van der Waals surface area contributed by atoms with Crippen LogP contribution in [0.4, 0.5) is 0 Å². The van der Waals surface area contributed by atoms with E-state index in [0.717, 1.165) is 0 Å². The fourth-order valence-corrected chi connectivity index (χ4v) is 0.442. The van der Waals surface area contributed by atoms with E-state index in [1.165, 1.54) is 13.8 Å². The minimum absolute atomic E-state index is 0.475. The highest BCUT2D eigenvalue weighted by atomic mass is 16.5. The molecule has 0 aromatic heterocycles. The van der Waals surface area contributed by atoms with Crippen LogP contribution in [0.2, 0.25) is 0 Å². The van der Waals surface area contributed by atoms with Crippen LogP contribution in [0.1, 0.15) is 13.8 Å². The first kappa shape index (κ1) is 9.50. The van der Waals surface area contributed by atoms with Gasteiger partial charge < -0.3 is 9.84 Å². The van der Waals surface area contributed by atoms with Gasteiger partial charge in [-0.25, -0.2) is 4.79 Å². The quantitative estimate of drug-likeness (QED) is 0.429. The van der Waals surface area contributed by atoms with Gasteiger partial charge in [0.05, 0.1) is 0 Å². The molecule has 0 fully saturated rings. The molecular formula is C7H8O4. The van der Waals surface area contributed by atoms with Crippen LogP contribution in [0.25, 0.3) is 0 Å². The average Bonchev–Trinajstić information content (AvgIpc) is 1.82. The summed E-state index contributed by atoms with van der Waals surface area (Å²) < 4.78 is 4.52. The number of hydrogen-bond acceptors (Lipinski definition) is 3. The Hall–Kier alpha value is -1.50. The van der Waals surface area contributed by atoms with Gasteiger partial charge in [0.1, 0.15) is 0 Å². The highest BCUT2D eigenvalue weighted by molar-refractivity contribution is 5.86. The monoisotopic (exact) mass is 156 g/mol. The molecule has 0 aliphatic heterocycles. The van der Waals surface area contributed by atoms with Crippen molar-refractivity contribution in [3.63, 3.8) is 0 Å². The van der Waals surface area contributed by atoms with Gasteiger partial charge in [0, 0.05) is 12.8 Å². The zero-order valence-corrected chi connectivity index (χ0v) is 6.25. The van der Waals surface area contributed by atoms with Crippen LogP contribution >= 0.6 is 0 Å². The SMILES string of the molecule is CC(=O)O[C@H](C)C#CC(=O)O. The van der Waals surface area contributed by atoms with Crippen molar-refractivity contribution < 1.29 is 19.4 Å². The Morgan fingerprint density at radius 3 is 2.45 bits per heavy atom. The fourth-order valence-electron chi connectivity index (χ4n) is 0.442. The first-order valence-corrected chi connectivity index (χ1v) is 2.94. The molecule has 0 rings (SSSR count). The summed E-state index contributed by atoms with van der Waals surface area (Å²) in [4.78, 5) is 20.1. The van der Waals surface area contributed by atoms with Crippen LogP contribution in [0.3, 0.4) is 0 Å². The van der Waals surface area contributed by atoms with E-state index in [4.69, 9.17) is 5.11 Å². The lowest BCUT2D eigenvalue weighted by atomic mass is 10.4. The van der Waals surface area contributed by atoms with E-state index < -0.39 is 18.0 Å². The average molecular weight is 156 g/mol. The lowest BCUT2D eigenvalue weighted by Gasteiger charge is -2.01. The number of rotatable bonds is 1. The molecule has 4 nitrogen and oxygen atoms in total. The van der Waals surface area contributed by atoms with E-state index in [0.29, 0.717) is 0 Å². The molecule has 60 valence electrons. The number of carboxylic acids is 1. The van der Waals surface area contributed by atoms with Gasteiger partial charge in [-0.05, 0) is 12.8 Å². The van der Waals surface area contributed by atoms with Crippen molar-refractivity contribution in [2.75, 3.05) is 0 Å². The summed E-state index contributed by atoms with van der Waals surface area (Å²) in [7, 11) is 0. The Labute approximate surface area is 64.2 Å². The van der Waals surface area contributed by atoms with Gasteiger partial charge in [-0.1, -0.05) is 0 Å². The van der Waals surface area contributed by atoms with E-state index in [-0.39, 0.29) is 0 Å².